The normalized spacial score (nSPS) is 12.9. The third-order valence-corrected chi connectivity index (χ3v) is 0.664. The number of rotatable bonds is 0. The first-order valence-electron chi connectivity index (χ1n) is 1.19. The molecule has 43 valence electrons. The van der Waals surface area contributed by atoms with Gasteiger partial charge in [-0.3, -0.25) is 0 Å². The Morgan fingerprint density at radius 3 is 1.43 bits per heavy atom. The van der Waals surface area contributed by atoms with Crippen LogP contribution in [0.1, 0.15) is 0 Å². The molecule has 0 saturated heterocycles. The molecule has 0 fully saturated rings. The van der Waals surface area contributed by atoms with Crippen molar-refractivity contribution in [3.63, 3.8) is 0 Å². The van der Waals surface area contributed by atoms with Crippen molar-refractivity contribution in [3.05, 3.63) is 5.08 Å². The molecule has 0 aliphatic carbocycles. The van der Waals surface area contributed by atoms with Gasteiger partial charge in [0, 0.05) is 0 Å². The molecule has 0 heterocycles. The van der Waals surface area contributed by atoms with Gasteiger partial charge < -0.3 is 0 Å². The Morgan fingerprint density at radius 1 is 1.29 bits per heavy atom. The lowest BCUT2D eigenvalue weighted by atomic mass is 10.8. The molecule has 0 nitrogen and oxygen atoms in total. The maximum absolute atomic E-state index is 10.9. The van der Waals surface area contributed by atoms with Gasteiger partial charge in [-0.2, -0.15) is 13.2 Å². The smallest absolute Gasteiger partial charge is 0.216 e. The van der Waals surface area contributed by atoms with Gasteiger partial charge in [0.25, 0.3) is 0 Å². The number of hydrogen-bond donors (Lipinski definition) is 0. The molecular formula is C2BrF4. The number of alkyl halides is 3. The summed E-state index contributed by atoms with van der Waals surface area (Å²) in [6.07, 6.45) is -4.83. The van der Waals surface area contributed by atoms with Crippen molar-refractivity contribution in [1.82, 2.24) is 0 Å². The molecule has 0 aliphatic rings. The summed E-state index contributed by atoms with van der Waals surface area (Å²) in [4.78, 5) is 0. The lowest BCUT2D eigenvalue weighted by molar-refractivity contribution is -0.119. The van der Waals surface area contributed by atoms with Crippen LogP contribution in [0, 0.1) is 5.08 Å². The molecule has 0 saturated carbocycles. The molecule has 0 aromatic heterocycles. The van der Waals surface area contributed by atoms with Crippen LogP contribution in [0.5, 0.6) is 0 Å². The van der Waals surface area contributed by atoms with Crippen LogP contribution in [0.25, 0.3) is 0 Å². The van der Waals surface area contributed by atoms with Gasteiger partial charge in [0.05, 0.1) is 0 Å². The molecule has 5 heteroatoms. The first-order chi connectivity index (χ1) is 2.94. The zero-order valence-corrected chi connectivity index (χ0v) is 4.48. The average molecular weight is 180 g/mol. The zero-order valence-electron chi connectivity index (χ0n) is 2.89. The van der Waals surface area contributed by atoms with Crippen molar-refractivity contribution in [1.29, 1.82) is 0 Å². The minimum atomic E-state index is -4.83. The lowest BCUT2D eigenvalue weighted by Gasteiger charge is -2.00. The van der Waals surface area contributed by atoms with Gasteiger partial charge in [0.2, 0.25) is 0 Å². The first kappa shape index (κ1) is 7.20. The Bertz CT molecular complexity index is 55.2. The van der Waals surface area contributed by atoms with E-state index in [2.05, 4.69) is 0 Å². The SMILES string of the molecule is F[C](Br)C(F)(F)F. The Balaban J connectivity index is 3.54. The second kappa shape index (κ2) is 1.98. The molecule has 0 aromatic carbocycles. The maximum atomic E-state index is 10.9. The molecule has 0 spiro atoms. The van der Waals surface area contributed by atoms with E-state index in [4.69, 9.17) is 0 Å². The van der Waals surface area contributed by atoms with Gasteiger partial charge in [-0.15, -0.1) is 0 Å². The predicted octanol–water partition coefficient (Wildman–Crippen LogP) is 2.40. The van der Waals surface area contributed by atoms with Crippen molar-refractivity contribution in [2.45, 2.75) is 6.18 Å². The molecular weight excluding hydrogens is 180 g/mol. The standard InChI is InChI=1S/C2BrF4/c3-1(4)2(5,6)7. The molecule has 0 atom stereocenters. The topological polar surface area (TPSA) is 0 Å². The van der Waals surface area contributed by atoms with E-state index in [0.29, 0.717) is 0 Å². The highest BCUT2D eigenvalue weighted by Gasteiger charge is 2.39. The van der Waals surface area contributed by atoms with E-state index in [0.717, 1.165) is 0 Å². The molecule has 0 unspecified atom stereocenters. The van der Waals surface area contributed by atoms with Gasteiger partial charge in [0.1, 0.15) is 0 Å². The van der Waals surface area contributed by atoms with Crippen molar-refractivity contribution in [2.24, 2.45) is 0 Å². The average Bonchev–Trinajstić information content (AvgIpc) is 1.31. The summed E-state index contributed by atoms with van der Waals surface area (Å²) in [6.45, 7) is 0. The van der Waals surface area contributed by atoms with Crippen molar-refractivity contribution in [2.75, 3.05) is 0 Å². The quantitative estimate of drug-likeness (QED) is 0.502. The van der Waals surface area contributed by atoms with E-state index >= 15 is 0 Å². The third-order valence-electron chi connectivity index (χ3n) is 0.214. The molecule has 0 aromatic rings. The first-order valence-corrected chi connectivity index (χ1v) is 1.99. The fourth-order valence-corrected chi connectivity index (χ4v) is 0. The van der Waals surface area contributed by atoms with Crippen molar-refractivity contribution in [3.8, 4) is 0 Å². The highest BCUT2D eigenvalue weighted by molar-refractivity contribution is 9.11. The molecule has 1 radical (unpaired) electrons. The van der Waals surface area contributed by atoms with Crippen LogP contribution in [0.15, 0.2) is 0 Å². The third kappa shape index (κ3) is 2.85. The Hall–Kier alpha value is 0.200. The summed E-state index contributed by atoms with van der Waals surface area (Å²) in [7, 11) is 0. The summed E-state index contributed by atoms with van der Waals surface area (Å²) in [5.74, 6) is 0. The Labute approximate surface area is 45.6 Å². The van der Waals surface area contributed by atoms with Gasteiger partial charge in [-0.05, 0) is 15.9 Å². The summed E-state index contributed by atoms with van der Waals surface area (Å²) < 4.78 is 43.1. The van der Waals surface area contributed by atoms with Crippen LogP contribution in [0.3, 0.4) is 0 Å². The second-order valence-corrected chi connectivity index (χ2v) is 1.45. The van der Waals surface area contributed by atoms with Crippen LogP contribution >= 0.6 is 15.9 Å². The van der Waals surface area contributed by atoms with Gasteiger partial charge in [-0.1, -0.05) is 0 Å². The van der Waals surface area contributed by atoms with E-state index < -0.39 is 11.3 Å². The van der Waals surface area contributed by atoms with E-state index in [1.165, 1.54) is 0 Å². The summed E-state index contributed by atoms with van der Waals surface area (Å²) in [5, 5.41) is -2.19. The zero-order chi connectivity index (χ0) is 6.08. The molecule has 0 amide bonds. The fourth-order valence-electron chi connectivity index (χ4n) is 0. The van der Waals surface area contributed by atoms with E-state index in [-0.39, 0.29) is 0 Å². The molecule has 0 bridgehead atoms. The summed E-state index contributed by atoms with van der Waals surface area (Å²) >= 11 is 1.62. The molecule has 0 aliphatic heterocycles. The van der Waals surface area contributed by atoms with E-state index in [9.17, 15) is 17.6 Å². The fraction of sp³-hybridized carbons (Fsp3) is 0.500. The van der Waals surface area contributed by atoms with Crippen LogP contribution in [0.4, 0.5) is 17.6 Å². The second-order valence-electron chi connectivity index (χ2n) is 0.758. The monoisotopic (exact) mass is 179 g/mol. The van der Waals surface area contributed by atoms with E-state index in [1.54, 1.807) is 15.9 Å². The molecule has 7 heavy (non-hydrogen) atoms. The molecule has 0 rings (SSSR count). The summed E-state index contributed by atoms with van der Waals surface area (Å²) in [6, 6.07) is 0. The van der Waals surface area contributed by atoms with Crippen molar-refractivity contribution < 1.29 is 17.6 Å². The lowest BCUT2D eigenvalue weighted by Crippen LogP contribution is -2.09. The van der Waals surface area contributed by atoms with Gasteiger partial charge in [-0.25, -0.2) is 4.39 Å². The Kier molecular flexibility index (Phi) is 2.04. The molecule has 0 N–H and O–H groups in total. The van der Waals surface area contributed by atoms with Crippen LogP contribution < -0.4 is 0 Å². The predicted molar refractivity (Wildman–Crippen MR) is 19.3 cm³/mol. The minimum absolute atomic E-state index is 1.62. The largest absolute Gasteiger partial charge is 0.437 e. The van der Waals surface area contributed by atoms with Gasteiger partial charge >= 0.3 is 11.3 Å². The van der Waals surface area contributed by atoms with Crippen LogP contribution in [-0.2, 0) is 0 Å². The highest BCUT2D eigenvalue weighted by atomic mass is 79.9. The summed E-state index contributed by atoms with van der Waals surface area (Å²) in [5.41, 5.74) is 0. The Morgan fingerprint density at radius 2 is 1.43 bits per heavy atom. The maximum Gasteiger partial charge on any atom is 0.437 e. The number of halogens is 5. The minimum Gasteiger partial charge on any atom is -0.216 e. The highest BCUT2D eigenvalue weighted by Crippen LogP contribution is 2.33. The number of hydrogen-bond acceptors (Lipinski definition) is 0. The van der Waals surface area contributed by atoms with E-state index in [1.807, 2.05) is 0 Å². The van der Waals surface area contributed by atoms with Crippen molar-refractivity contribution >= 4 is 15.9 Å². The van der Waals surface area contributed by atoms with Gasteiger partial charge in [0.15, 0.2) is 0 Å². The van der Waals surface area contributed by atoms with Crippen LogP contribution in [0.2, 0.25) is 0 Å². The van der Waals surface area contributed by atoms with Crippen LogP contribution in [-0.4, -0.2) is 6.18 Å².